The predicted molar refractivity (Wildman–Crippen MR) is 148 cm³/mol. The molecule has 7 heteroatoms. The minimum atomic E-state index is -0.517. The number of Topliss-reactive ketones (excluding diaryl/α,β-unsaturated/α-hetero) is 1. The van der Waals surface area contributed by atoms with Crippen LogP contribution in [-0.4, -0.2) is 53.8 Å². The lowest BCUT2D eigenvalue weighted by Crippen LogP contribution is -2.58. The van der Waals surface area contributed by atoms with Crippen LogP contribution < -0.4 is 10.6 Å². The van der Waals surface area contributed by atoms with Gasteiger partial charge in [-0.1, -0.05) is 55.5 Å². The van der Waals surface area contributed by atoms with Gasteiger partial charge < -0.3 is 15.6 Å². The number of carbonyl (C=O) groups excluding carboxylic acids is 2. The van der Waals surface area contributed by atoms with Crippen LogP contribution in [0.1, 0.15) is 50.4 Å². The molecule has 0 aliphatic carbocycles. The van der Waals surface area contributed by atoms with Crippen LogP contribution in [0.25, 0.3) is 10.9 Å². The highest BCUT2D eigenvalue weighted by molar-refractivity contribution is 6.11. The first-order chi connectivity index (χ1) is 18.6. The van der Waals surface area contributed by atoms with Crippen LogP contribution in [0.3, 0.4) is 0 Å². The largest absolute Gasteiger partial charge is 0.360 e. The normalized spacial score (nSPS) is 14.5. The van der Waals surface area contributed by atoms with E-state index in [1.807, 2.05) is 66.7 Å². The Morgan fingerprint density at radius 1 is 1.08 bits per heavy atom. The zero-order valence-corrected chi connectivity index (χ0v) is 21.4. The van der Waals surface area contributed by atoms with E-state index < -0.39 is 6.04 Å². The third-order valence-electron chi connectivity index (χ3n) is 7.19. The van der Waals surface area contributed by atoms with Crippen LogP contribution in [0, 0.1) is 11.3 Å². The number of nitriles is 1. The number of likely N-dealkylation sites (tertiary alicyclic amines) is 1. The highest BCUT2D eigenvalue weighted by Gasteiger charge is 2.27. The van der Waals surface area contributed by atoms with Crippen molar-refractivity contribution >= 4 is 22.6 Å². The molecule has 0 bridgehead atoms. The molecule has 0 spiro atoms. The number of nitrogens with zero attached hydrogens (tertiary/aromatic N) is 2. The smallest absolute Gasteiger partial charge is 0.251 e. The Morgan fingerprint density at radius 3 is 2.55 bits per heavy atom. The topological polar surface area (TPSA) is 101 Å². The number of benzene rings is 3. The summed E-state index contributed by atoms with van der Waals surface area (Å²) in [6, 6.07) is 24.5. The Labute approximate surface area is 222 Å². The Balaban J connectivity index is 1.31. The Hall–Kier alpha value is -4.25. The molecule has 4 aromatic rings. The van der Waals surface area contributed by atoms with Crippen molar-refractivity contribution in [3.63, 3.8) is 0 Å². The van der Waals surface area contributed by atoms with E-state index in [9.17, 15) is 9.59 Å². The van der Waals surface area contributed by atoms with E-state index in [1.54, 1.807) is 12.3 Å². The van der Waals surface area contributed by atoms with Crippen molar-refractivity contribution in [1.29, 1.82) is 5.26 Å². The number of rotatable bonds is 10. The van der Waals surface area contributed by atoms with Crippen molar-refractivity contribution in [3.05, 3.63) is 107 Å². The van der Waals surface area contributed by atoms with Crippen LogP contribution in [-0.2, 0) is 6.42 Å². The first-order valence-corrected chi connectivity index (χ1v) is 13.0. The lowest BCUT2D eigenvalue weighted by atomic mass is 9.96. The first-order valence-electron chi connectivity index (χ1n) is 13.0. The molecule has 5 rings (SSSR count). The van der Waals surface area contributed by atoms with Gasteiger partial charge in [0.05, 0.1) is 23.7 Å². The van der Waals surface area contributed by atoms with Gasteiger partial charge in [-0.05, 0) is 48.4 Å². The second-order valence-electron chi connectivity index (χ2n) is 9.71. The molecule has 7 nitrogen and oxygen atoms in total. The second-order valence-corrected chi connectivity index (χ2v) is 9.71. The van der Waals surface area contributed by atoms with E-state index >= 15 is 0 Å². The summed E-state index contributed by atoms with van der Waals surface area (Å²) in [5, 5.41) is 16.3. The summed E-state index contributed by atoms with van der Waals surface area (Å²) in [5.41, 5.74) is 4.54. The van der Waals surface area contributed by atoms with Crippen LogP contribution >= 0.6 is 0 Å². The van der Waals surface area contributed by atoms with Gasteiger partial charge in [-0.25, -0.2) is 0 Å². The lowest BCUT2D eigenvalue weighted by molar-refractivity contribution is 0.0824. The zero-order valence-electron chi connectivity index (χ0n) is 21.4. The maximum atomic E-state index is 13.8. The van der Waals surface area contributed by atoms with Crippen LogP contribution in [0.4, 0.5) is 0 Å². The van der Waals surface area contributed by atoms with E-state index in [0.29, 0.717) is 23.2 Å². The van der Waals surface area contributed by atoms with Crippen molar-refractivity contribution in [1.82, 2.24) is 20.5 Å². The average Bonchev–Trinajstić information content (AvgIpc) is 3.36. The number of likely N-dealkylation sites (N-methyl/N-ethyl adjacent to an activating group) is 1. The van der Waals surface area contributed by atoms with Gasteiger partial charge in [-0.2, -0.15) is 5.26 Å². The Bertz CT molecular complexity index is 1460. The van der Waals surface area contributed by atoms with Crippen molar-refractivity contribution in [2.45, 2.75) is 25.4 Å². The lowest BCUT2D eigenvalue weighted by Gasteiger charge is -2.38. The molecule has 2 heterocycles. The molecule has 192 valence electrons. The molecule has 38 heavy (non-hydrogen) atoms. The van der Waals surface area contributed by atoms with E-state index in [1.165, 1.54) is 0 Å². The van der Waals surface area contributed by atoms with Gasteiger partial charge in [-0.15, -0.1) is 0 Å². The first kappa shape index (κ1) is 25.4. The number of fused-ring (bicyclic) bond motifs is 1. The van der Waals surface area contributed by atoms with E-state index in [2.05, 4.69) is 33.5 Å². The fourth-order valence-electron chi connectivity index (χ4n) is 4.93. The van der Waals surface area contributed by atoms with E-state index in [4.69, 9.17) is 5.26 Å². The number of carbonyl (C=O) groups is 2. The van der Waals surface area contributed by atoms with Gasteiger partial charge >= 0.3 is 0 Å². The number of ketones is 1. The average molecular weight is 506 g/mol. The molecule has 1 aromatic heterocycles. The van der Waals surface area contributed by atoms with Crippen LogP contribution in [0.2, 0.25) is 0 Å². The molecule has 1 atom stereocenters. The van der Waals surface area contributed by atoms with Gasteiger partial charge in [0.15, 0.2) is 5.78 Å². The minimum absolute atomic E-state index is 0.0337. The molecule has 1 fully saturated rings. The van der Waals surface area contributed by atoms with Crippen molar-refractivity contribution in [2.75, 3.05) is 26.2 Å². The number of aromatic nitrogens is 1. The summed E-state index contributed by atoms with van der Waals surface area (Å²) in [6.07, 6.45) is 2.46. The highest BCUT2D eigenvalue weighted by Crippen LogP contribution is 2.26. The summed E-state index contributed by atoms with van der Waals surface area (Å²) >= 11 is 0. The highest BCUT2D eigenvalue weighted by atomic mass is 16.1. The van der Waals surface area contributed by atoms with Gasteiger partial charge in [0.2, 0.25) is 0 Å². The molecule has 3 N–H and O–H groups in total. The van der Waals surface area contributed by atoms with Crippen LogP contribution in [0.5, 0.6) is 0 Å². The van der Waals surface area contributed by atoms with Gasteiger partial charge in [0, 0.05) is 47.9 Å². The van der Waals surface area contributed by atoms with Gasteiger partial charge in [0.25, 0.3) is 5.91 Å². The van der Waals surface area contributed by atoms with Crippen molar-refractivity contribution in [3.8, 4) is 6.07 Å². The summed E-state index contributed by atoms with van der Waals surface area (Å²) in [6.45, 7) is 5.46. The third kappa shape index (κ3) is 5.52. The van der Waals surface area contributed by atoms with Gasteiger partial charge in [0.1, 0.15) is 0 Å². The molecule has 1 aliphatic rings. The maximum Gasteiger partial charge on any atom is 0.251 e. The standard InChI is InChI=1S/C31H31N5O2/c1-2-36-19-25(20-36)35-31(38)24-12-13-26-27(18-34-28(26)16-24)30(37)29(23-6-4-3-5-7-23)33-15-14-21-8-10-22(17-32)11-9-21/h3-13,16,18,25,29,33-34H,2,14-15,19-20H2,1H3,(H,35,38)/t29-/m1/s1. The van der Waals surface area contributed by atoms with Crippen molar-refractivity contribution < 1.29 is 9.59 Å². The van der Waals surface area contributed by atoms with E-state index in [0.717, 1.165) is 48.1 Å². The summed E-state index contributed by atoms with van der Waals surface area (Å²) in [4.78, 5) is 32.0. The monoisotopic (exact) mass is 505 g/mol. The molecule has 1 amide bonds. The summed E-state index contributed by atoms with van der Waals surface area (Å²) in [5.74, 6) is -0.129. The quantitative estimate of drug-likeness (QED) is 0.280. The second kappa shape index (κ2) is 11.4. The number of aromatic amines is 1. The predicted octanol–water partition coefficient (Wildman–Crippen LogP) is 4.23. The number of hydrogen-bond acceptors (Lipinski definition) is 5. The molecule has 0 saturated carbocycles. The molecule has 3 aromatic carbocycles. The number of H-pyrrole nitrogens is 1. The summed E-state index contributed by atoms with van der Waals surface area (Å²) in [7, 11) is 0. The van der Waals surface area contributed by atoms with E-state index in [-0.39, 0.29) is 17.7 Å². The SMILES string of the molecule is CCN1CC(NC(=O)c2ccc3c(C(=O)[C@H](NCCc4ccc(C#N)cc4)c4ccccc4)c[nH]c3c2)C1. The van der Waals surface area contributed by atoms with Crippen molar-refractivity contribution in [2.24, 2.45) is 0 Å². The zero-order chi connectivity index (χ0) is 26.5. The van der Waals surface area contributed by atoms with Gasteiger partial charge in [-0.3, -0.25) is 14.5 Å². The number of hydrogen-bond donors (Lipinski definition) is 3. The fourth-order valence-corrected chi connectivity index (χ4v) is 4.93. The molecule has 1 aliphatic heterocycles. The minimum Gasteiger partial charge on any atom is -0.360 e. The Kier molecular flexibility index (Phi) is 7.64. The molecule has 0 radical (unpaired) electrons. The van der Waals surface area contributed by atoms with Crippen LogP contribution in [0.15, 0.2) is 79.0 Å². The number of amides is 1. The Morgan fingerprint density at radius 2 is 1.84 bits per heavy atom. The molecular weight excluding hydrogens is 474 g/mol. The maximum absolute atomic E-state index is 13.8. The molecule has 1 saturated heterocycles. The molecule has 0 unspecified atom stereocenters. The molecular formula is C31H31N5O2. The number of nitrogens with one attached hydrogen (secondary N) is 3. The summed E-state index contributed by atoms with van der Waals surface area (Å²) < 4.78 is 0. The fraction of sp³-hybridized carbons (Fsp3) is 0.258. The third-order valence-corrected chi connectivity index (χ3v) is 7.19.